The van der Waals surface area contributed by atoms with Crippen LogP contribution < -0.4 is 16.8 Å². The van der Waals surface area contributed by atoms with Crippen LogP contribution in [0.15, 0.2) is 48.4 Å². The Morgan fingerprint density at radius 1 is 1.36 bits per heavy atom. The van der Waals surface area contributed by atoms with E-state index in [1.807, 2.05) is 24.3 Å². The fourth-order valence-corrected chi connectivity index (χ4v) is 1.36. The van der Waals surface area contributed by atoms with Crippen molar-refractivity contribution in [2.24, 2.45) is 11.5 Å². The van der Waals surface area contributed by atoms with Crippen molar-refractivity contribution in [1.82, 2.24) is 10.3 Å². The molecule has 4 heteroatoms. The van der Waals surface area contributed by atoms with Gasteiger partial charge in [-0.2, -0.15) is 0 Å². The van der Waals surface area contributed by atoms with Crippen molar-refractivity contribution >= 4 is 0 Å². The molecule has 1 unspecified atom stereocenters. The van der Waals surface area contributed by atoms with Crippen LogP contribution in [0.25, 0.3) is 0 Å². The van der Waals surface area contributed by atoms with Crippen LogP contribution >= 0.6 is 0 Å². The van der Waals surface area contributed by atoms with Gasteiger partial charge in [-0.05, 0) is 30.5 Å². The van der Waals surface area contributed by atoms with Crippen LogP contribution in [0, 0.1) is 0 Å². The van der Waals surface area contributed by atoms with Crippen LogP contribution in [0.2, 0.25) is 0 Å². The highest BCUT2D eigenvalue weighted by Gasteiger charge is 2.31. The van der Waals surface area contributed by atoms with Crippen molar-refractivity contribution in [3.8, 4) is 0 Å². The first-order valence-corrected chi connectivity index (χ1v) is 4.34. The zero-order valence-corrected chi connectivity index (χ0v) is 7.64. The van der Waals surface area contributed by atoms with Crippen molar-refractivity contribution < 1.29 is 0 Å². The molecule has 5 N–H and O–H groups in total. The number of aromatic nitrogens is 1. The predicted molar refractivity (Wildman–Crippen MR) is 54.6 cm³/mol. The van der Waals surface area contributed by atoms with Gasteiger partial charge >= 0.3 is 0 Å². The molecular formula is C10H12N4. The molecule has 0 aliphatic carbocycles. The Hall–Kier alpha value is -1.81. The second-order valence-electron chi connectivity index (χ2n) is 3.15. The molecule has 1 aliphatic rings. The first-order chi connectivity index (χ1) is 6.73. The molecular weight excluding hydrogens is 176 g/mol. The van der Waals surface area contributed by atoms with Gasteiger partial charge < -0.3 is 11.1 Å². The summed E-state index contributed by atoms with van der Waals surface area (Å²) in [5.41, 5.74) is 12.3. The molecule has 1 aromatic rings. The molecule has 1 atom stereocenters. The van der Waals surface area contributed by atoms with E-state index in [2.05, 4.69) is 10.3 Å². The van der Waals surface area contributed by atoms with Crippen molar-refractivity contribution in [2.45, 2.75) is 5.66 Å². The summed E-state index contributed by atoms with van der Waals surface area (Å²) in [6.45, 7) is 0. The summed E-state index contributed by atoms with van der Waals surface area (Å²) in [6, 6.07) is 5.56. The van der Waals surface area contributed by atoms with E-state index < -0.39 is 5.66 Å². The van der Waals surface area contributed by atoms with Crippen LogP contribution in [-0.2, 0) is 5.66 Å². The van der Waals surface area contributed by atoms with E-state index in [1.165, 1.54) is 0 Å². The number of hydrogen-bond donors (Lipinski definition) is 3. The third-order valence-corrected chi connectivity index (χ3v) is 2.21. The normalized spacial score (nSPS) is 25.4. The molecule has 1 aromatic heterocycles. The molecule has 0 bridgehead atoms. The first-order valence-electron chi connectivity index (χ1n) is 4.34. The summed E-state index contributed by atoms with van der Waals surface area (Å²) in [6.07, 6.45) is 7.02. The SMILES string of the molecule is NC1=CC=CNC1(N)c1ccccn1. The number of hydrogen-bond acceptors (Lipinski definition) is 4. The predicted octanol–water partition coefficient (Wildman–Crippen LogP) is 0.153. The van der Waals surface area contributed by atoms with Crippen molar-refractivity contribution in [1.29, 1.82) is 0 Å². The average Bonchev–Trinajstić information content (AvgIpc) is 2.24. The first kappa shape index (κ1) is 8.77. The Balaban J connectivity index is 2.43. The fraction of sp³-hybridized carbons (Fsp3) is 0.100. The van der Waals surface area contributed by atoms with Crippen LogP contribution in [-0.4, -0.2) is 4.98 Å². The van der Waals surface area contributed by atoms with E-state index >= 15 is 0 Å². The van der Waals surface area contributed by atoms with Gasteiger partial charge in [0.25, 0.3) is 0 Å². The summed E-state index contributed by atoms with van der Waals surface area (Å²) < 4.78 is 0. The molecule has 0 saturated carbocycles. The maximum Gasteiger partial charge on any atom is 0.170 e. The van der Waals surface area contributed by atoms with Crippen molar-refractivity contribution in [3.63, 3.8) is 0 Å². The molecule has 0 fully saturated rings. The molecule has 0 saturated heterocycles. The zero-order valence-electron chi connectivity index (χ0n) is 7.64. The molecule has 14 heavy (non-hydrogen) atoms. The quantitative estimate of drug-likeness (QED) is 0.586. The van der Waals surface area contributed by atoms with Gasteiger partial charge in [0, 0.05) is 6.20 Å². The molecule has 0 aromatic carbocycles. The molecule has 0 spiro atoms. The monoisotopic (exact) mass is 188 g/mol. The van der Waals surface area contributed by atoms with E-state index in [0.717, 1.165) is 0 Å². The van der Waals surface area contributed by atoms with Gasteiger partial charge in [0.05, 0.1) is 11.4 Å². The Kier molecular flexibility index (Phi) is 1.98. The van der Waals surface area contributed by atoms with Crippen LogP contribution in [0.4, 0.5) is 0 Å². The topological polar surface area (TPSA) is 77.0 Å². The molecule has 2 rings (SSSR count). The van der Waals surface area contributed by atoms with E-state index in [4.69, 9.17) is 11.5 Å². The summed E-state index contributed by atoms with van der Waals surface area (Å²) in [5.74, 6) is 0. The summed E-state index contributed by atoms with van der Waals surface area (Å²) in [4.78, 5) is 4.18. The second-order valence-corrected chi connectivity index (χ2v) is 3.15. The van der Waals surface area contributed by atoms with Gasteiger partial charge in [0.15, 0.2) is 5.66 Å². The molecule has 0 amide bonds. The number of pyridine rings is 1. The minimum absolute atomic E-state index is 0.554. The Morgan fingerprint density at radius 3 is 2.86 bits per heavy atom. The van der Waals surface area contributed by atoms with Gasteiger partial charge in [0.2, 0.25) is 0 Å². The molecule has 0 radical (unpaired) electrons. The molecule has 72 valence electrons. The third kappa shape index (κ3) is 1.25. The lowest BCUT2D eigenvalue weighted by Gasteiger charge is -2.31. The second kappa shape index (κ2) is 3.16. The summed E-state index contributed by atoms with van der Waals surface area (Å²) >= 11 is 0. The standard InChI is InChI=1S/C10H12N4/c11-8-4-3-7-14-10(8,12)9-5-1-2-6-13-9/h1-7,14H,11-12H2. The maximum atomic E-state index is 6.11. The van der Waals surface area contributed by atoms with Gasteiger partial charge in [0.1, 0.15) is 0 Å². The van der Waals surface area contributed by atoms with Crippen LogP contribution in [0.3, 0.4) is 0 Å². The lowest BCUT2D eigenvalue weighted by Crippen LogP contribution is -2.53. The van der Waals surface area contributed by atoms with Crippen LogP contribution in [0.5, 0.6) is 0 Å². The number of nitrogens with two attached hydrogens (primary N) is 2. The van der Waals surface area contributed by atoms with Gasteiger partial charge in [-0.25, -0.2) is 0 Å². The Morgan fingerprint density at radius 2 is 2.21 bits per heavy atom. The Bertz CT molecular complexity index is 382. The highest BCUT2D eigenvalue weighted by Crippen LogP contribution is 2.20. The zero-order chi connectivity index (χ0) is 10.0. The smallest absolute Gasteiger partial charge is 0.170 e. The third-order valence-electron chi connectivity index (χ3n) is 2.21. The number of rotatable bonds is 1. The highest BCUT2D eigenvalue weighted by molar-refractivity contribution is 5.33. The van der Waals surface area contributed by atoms with Gasteiger partial charge in [-0.1, -0.05) is 6.07 Å². The minimum Gasteiger partial charge on any atom is -0.399 e. The molecule has 4 nitrogen and oxygen atoms in total. The number of dihydropyridines is 1. The molecule has 2 heterocycles. The van der Waals surface area contributed by atoms with E-state index in [-0.39, 0.29) is 0 Å². The van der Waals surface area contributed by atoms with E-state index in [1.54, 1.807) is 18.5 Å². The van der Waals surface area contributed by atoms with Crippen LogP contribution in [0.1, 0.15) is 5.69 Å². The fourth-order valence-electron chi connectivity index (χ4n) is 1.36. The van der Waals surface area contributed by atoms with E-state index in [9.17, 15) is 0 Å². The number of nitrogens with zero attached hydrogens (tertiary/aromatic N) is 1. The Labute approximate surface area is 82.3 Å². The summed E-state index contributed by atoms with van der Waals surface area (Å²) in [7, 11) is 0. The average molecular weight is 188 g/mol. The van der Waals surface area contributed by atoms with Gasteiger partial charge in [-0.15, -0.1) is 0 Å². The molecule has 1 aliphatic heterocycles. The minimum atomic E-state index is -0.879. The van der Waals surface area contributed by atoms with Gasteiger partial charge in [-0.3, -0.25) is 10.7 Å². The number of nitrogens with one attached hydrogen (secondary N) is 1. The highest BCUT2D eigenvalue weighted by atomic mass is 15.1. The lowest BCUT2D eigenvalue weighted by atomic mass is 10.0. The number of allylic oxidation sites excluding steroid dienone is 2. The largest absolute Gasteiger partial charge is 0.399 e. The maximum absolute atomic E-state index is 6.11. The van der Waals surface area contributed by atoms with E-state index in [0.29, 0.717) is 11.4 Å². The summed E-state index contributed by atoms with van der Waals surface area (Å²) in [5, 5.41) is 3.00. The van der Waals surface area contributed by atoms with Crippen molar-refractivity contribution in [3.05, 3.63) is 54.1 Å². The van der Waals surface area contributed by atoms with Crippen molar-refractivity contribution in [2.75, 3.05) is 0 Å². The lowest BCUT2D eigenvalue weighted by molar-refractivity contribution is 0.443.